The molecule has 0 rings (SSSR count). The van der Waals surface area contributed by atoms with E-state index in [0.717, 1.165) is 25.2 Å². The molecule has 0 N–H and O–H groups in total. The summed E-state index contributed by atoms with van der Waals surface area (Å²) in [6.45, 7) is 12.4. The zero-order valence-corrected chi connectivity index (χ0v) is 11.9. The molecule has 0 fully saturated rings. The lowest BCUT2D eigenvalue weighted by atomic mass is 9.91. The molecule has 17 heavy (non-hydrogen) atoms. The fraction of sp³-hybridized carbons (Fsp3) is 0.765. The van der Waals surface area contributed by atoms with E-state index in [4.69, 9.17) is 0 Å². The summed E-state index contributed by atoms with van der Waals surface area (Å²) in [4.78, 5) is 0. The first-order valence-electron chi connectivity index (χ1n) is 7.35. The molecule has 2 radical (unpaired) electrons. The Morgan fingerprint density at radius 3 is 2.29 bits per heavy atom. The Hall–Kier alpha value is -0.440. The normalized spacial score (nSPS) is 12.3. The SMILES string of the molecule is [CH2]CCCCC#CC(CC)CCC(C[CH2])CC. The van der Waals surface area contributed by atoms with Crippen LogP contribution >= 0.6 is 0 Å². The molecule has 0 saturated heterocycles. The summed E-state index contributed by atoms with van der Waals surface area (Å²) < 4.78 is 0. The number of rotatable bonds is 9. The van der Waals surface area contributed by atoms with Crippen molar-refractivity contribution in [2.24, 2.45) is 11.8 Å². The van der Waals surface area contributed by atoms with E-state index < -0.39 is 0 Å². The highest BCUT2D eigenvalue weighted by molar-refractivity contribution is 5.03. The van der Waals surface area contributed by atoms with Crippen LogP contribution in [0, 0.1) is 37.5 Å². The van der Waals surface area contributed by atoms with Gasteiger partial charge in [-0.15, -0.1) is 5.92 Å². The van der Waals surface area contributed by atoms with Crippen molar-refractivity contribution >= 4 is 0 Å². The molecule has 0 aromatic rings. The maximum Gasteiger partial charge on any atom is 0.0200 e. The summed E-state index contributed by atoms with van der Waals surface area (Å²) in [5, 5.41) is 0. The number of hydrogen-bond donors (Lipinski definition) is 0. The van der Waals surface area contributed by atoms with Gasteiger partial charge in [-0.1, -0.05) is 59.3 Å². The summed E-state index contributed by atoms with van der Waals surface area (Å²) in [5.74, 6) is 8.19. The van der Waals surface area contributed by atoms with Crippen molar-refractivity contribution in [3.63, 3.8) is 0 Å². The van der Waals surface area contributed by atoms with Gasteiger partial charge in [-0.25, -0.2) is 0 Å². The molecule has 2 atom stereocenters. The highest BCUT2D eigenvalue weighted by Crippen LogP contribution is 2.19. The minimum absolute atomic E-state index is 0.607. The monoisotopic (exact) mass is 234 g/mol. The Labute approximate surface area is 110 Å². The Morgan fingerprint density at radius 2 is 1.76 bits per heavy atom. The van der Waals surface area contributed by atoms with Crippen LogP contribution in [-0.4, -0.2) is 0 Å². The van der Waals surface area contributed by atoms with Crippen molar-refractivity contribution in [2.45, 2.75) is 71.6 Å². The van der Waals surface area contributed by atoms with E-state index in [1.165, 1.54) is 38.5 Å². The largest absolute Gasteiger partial charge is 0.103 e. The predicted molar refractivity (Wildman–Crippen MR) is 78.4 cm³/mol. The molecule has 0 spiro atoms. The van der Waals surface area contributed by atoms with Crippen LogP contribution in [0.1, 0.15) is 71.6 Å². The molecule has 0 aliphatic rings. The molecule has 0 aromatic heterocycles. The smallest absolute Gasteiger partial charge is 0.0200 e. The van der Waals surface area contributed by atoms with E-state index in [9.17, 15) is 0 Å². The molecule has 0 amide bonds. The minimum Gasteiger partial charge on any atom is -0.103 e. The van der Waals surface area contributed by atoms with Gasteiger partial charge in [0.15, 0.2) is 0 Å². The maximum atomic E-state index is 4.01. The van der Waals surface area contributed by atoms with Crippen LogP contribution in [0.5, 0.6) is 0 Å². The van der Waals surface area contributed by atoms with Gasteiger partial charge in [0.1, 0.15) is 0 Å². The molecule has 0 saturated carbocycles. The molecule has 98 valence electrons. The van der Waals surface area contributed by atoms with Crippen LogP contribution in [0.3, 0.4) is 0 Å². The predicted octanol–water partition coefficient (Wildman–Crippen LogP) is 5.44. The molecule has 0 bridgehead atoms. The van der Waals surface area contributed by atoms with Crippen molar-refractivity contribution in [1.82, 2.24) is 0 Å². The average molecular weight is 234 g/mol. The van der Waals surface area contributed by atoms with Gasteiger partial charge in [-0.05, 0) is 31.6 Å². The van der Waals surface area contributed by atoms with Crippen LogP contribution in [0.2, 0.25) is 0 Å². The van der Waals surface area contributed by atoms with Crippen molar-refractivity contribution in [2.75, 3.05) is 0 Å². The third kappa shape index (κ3) is 9.28. The lowest BCUT2D eigenvalue weighted by Gasteiger charge is -2.14. The number of hydrogen-bond acceptors (Lipinski definition) is 0. The molecule has 0 aliphatic carbocycles. The fourth-order valence-corrected chi connectivity index (χ4v) is 1.97. The van der Waals surface area contributed by atoms with Gasteiger partial charge in [0.2, 0.25) is 0 Å². The maximum absolute atomic E-state index is 4.01. The Morgan fingerprint density at radius 1 is 1.00 bits per heavy atom. The molecular formula is C17H30. The third-order valence-corrected chi connectivity index (χ3v) is 3.51. The van der Waals surface area contributed by atoms with Gasteiger partial charge < -0.3 is 0 Å². The zero-order valence-electron chi connectivity index (χ0n) is 11.9. The summed E-state index contributed by atoms with van der Waals surface area (Å²) in [6, 6.07) is 0. The summed E-state index contributed by atoms with van der Waals surface area (Å²) in [6.07, 6.45) is 10.6. The highest BCUT2D eigenvalue weighted by atomic mass is 14.1. The fourth-order valence-electron chi connectivity index (χ4n) is 1.97. The van der Waals surface area contributed by atoms with E-state index in [-0.39, 0.29) is 0 Å². The van der Waals surface area contributed by atoms with Gasteiger partial charge in [0, 0.05) is 12.3 Å². The first kappa shape index (κ1) is 16.6. The zero-order chi connectivity index (χ0) is 12.9. The van der Waals surface area contributed by atoms with E-state index >= 15 is 0 Å². The quantitative estimate of drug-likeness (QED) is 0.368. The van der Waals surface area contributed by atoms with Gasteiger partial charge in [-0.2, -0.15) is 0 Å². The molecule has 0 aromatic carbocycles. The van der Waals surface area contributed by atoms with E-state index in [2.05, 4.69) is 39.5 Å². The third-order valence-electron chi connectivity index (χ3n) is 3.51. The van der Waals surface area contributed by atoms with E-state index in [1.54, 1.807) is 0 Å². The van der Waals surface area contributed by atoms with Gasteiger partial charge in [-0.3, -0.25) is 0 Å². The minimum atomic E-state index is 0.607. The van der Waals surface area contributed by atoms with Crippen LogP contribution in [0.15, 0.2) is 0 Å². The van der Waals surface area contributed by atoms with Crippen LogP contribution in [0.4, 0.5) is 0 Å². The Bertz CT molecular complexity index is 202. The van der Waals surface area contributed by atoms with Gasteiger partial charge in [0.25, 0.3) is 0 Å². The first-order chi connectivity index (χ1) is 8.28. The Balaban J connectivity index is 3.81. The topological polar surface area (TPSA) is 0 Å². The van der Waals surface area contributed by atoms with Crippen molar-refractivity contribution < 1.29 is 0 Å². The standard InChI is InChI=1S/C17H30/c1-5-9-10-11-12-13-17(8-4)15-14-16(6-2)7-3/h16-17H,1-2,5-11,14-15H2,3-4H3. The van der Waals surface area contributed by atoms with Gasteiger partial charge in [0.05, 0.1) is 0 Å². The lowest BCUT2D eigenvalue weighted by Crippen LogP contribution is -2.02. The highest BCUT2D eigenvalue weighted by Gasteiger charge is 2.07. The summed E-state index contributed by atoms with van der Waals surface area (Å²) in [7, 11) is 0. The molecule has 0 heteroatoms. The number of unbranched alkanes of at least 4 members (excludes halogenated alkanes) is 3. The van der Waals surface area contributed by atoms with Gasteiger partial charge >= 0.3 is 0 Å². The second kappa shape index (κ2) is 12.0. The van der Waals surface area contributed by atoms with Crippen LogP contribution in [0.25, 0.3) is 0 Å². The second-order valence-electron chi connectivity index (χ2n) is 4.88. The van der Waals surface area contributed by atoms with Crippen molar-refractivity contribution in [3.05, 3.63) is 13.8 Å². The Kier molecular flexibility index (Phi) is 11.7. The lowest BCUT2D eigenvalue weighted by molar-refractivity contribution is 0.420. The first-order valence-corrected chi connectivity index (χ1v) is 7.35. The average Bonchev–Trinajstić information content (AvgIpc) is 2.37. The molecule has 0 aliphatic heterocycles. The molecule has 0 heterocycles. The van der Waals surface area contributed by atoms with E-state index in [0.29, 0.717) is 5.92 Å². The van der Waals surface area contributed by atoms with Crippen LogP contribution < -0.4 is 0 Å². The molecular weight excluding hydrogens is 204 g/mol. The summed E-state index contributed by atoms with van der Waals surface area (Å²) in [5.41, 5.74) is 0. The van der Waals surface area contributed by atoms with Crippen molar-refractivity contribution in [1.29, 1.82) is 0 Å². The second-order valence-corrected chi connectivity index (χ2v) is 4.88. The molecule has 2 unspecified atom stereocenters. The summed E-state index contributed by atoms with van der Waals surface area (Å²) >= 11 is 0. The molecule has 0 nitrogen and oxygen atoms in total. The van der Waals surface area contributed by atoms with Crippen molar-refractivity contribution in [3.8, 4) is 11.8 Å². The van der Waals surface area contributed by atoms with Crippen LogP contribution in [-0.2, 0) is 0 Å². The van der Waals surface area contributed by atoms with E-state index in [1.807, 2.05) is 0 Å².